The molecule has 0 fully saturated rings. The van der Waals surface area contributed by atoms with Crippen LogP contribution in [0, 0.1) is 18.6 Å². The number of hydrogen-bond donors (Lipinski definition) is 0. The van der Waals surface area contributed by atoms with Crippen molar-refractivity contribution in [1.82, 2.24) is 9.78 Å². The summed E-state index contributed by atoms with van der Waals surface area (Å²) in [6.07, 6.45) is -0.0434. The number of ketones is 1. The molecule has 0 bridgehead atoms. The average Bonchev–Trinajstić information content (AvgIpc) is 2.59. The van der Waals surface area contributed by atoms with Crippen LogP contribution in [-0.4, -0.2) is 15.6 Å². The van der Waals surface area contributed by atoms with Gasteiger partial charge in [0.1, 0.15) is 0 Å². The monoisotopic (exact) mass is 328 g/mol. The van der Waals surface area contributed by atoms with Gasteiger partial charge in [-0.25, -0.2) is 8.78 Å². The summed E-state index contributed by atoms with van der Waals surface area (Å²) in [6, 6.07) is 3.57. The summed E-state index contributed by atoms with van der Waals surface area (Å²) < 4.78 is 28.9. The molecule has 0 spiro atoms. The van der Waals surface area contributed by atoms with Crippen molar-refractivity contribution in [3.8, 4) is 0 Å². The minimum atomic E-state index is -1.11. The van der Waals surface area contributed by atoms with Gasteiger partial charge in [-0.2, -0.15) is 5.10 Å². The van der Waals surface area contributed by atoms with Crippen molar-refractivity contribution < 1.29 is 13.6 Å². The molecule has 0 saturated carbocycles. The van der Waals surface area contributed by atoms with E-state index in [1.807, 2.05) is 0 Å². The third-order valence-electron chi connectivity index (χ3n) is 2.84. The molecule has 1 aromatic carbocycles. The molecule has 100 valence electrons. The van der Waals surface area contributed by atoms with Crippen LogP contribution in [0.2, 0.25) is 0 Å². The van der Waals surface area contributed by atoms with E-state index in [1.54, 1.807) is 18.7 Å². The minimum absolute atomic E-state index is 0.0434. The molecule has 6 heteroatoms. The second-order valence-corrected chi connectivity index (χ2v) is 4.96. The normalized spacial score (nSPS) is 10.8. The van der Waals surface area contributed by atoms with Crippen molar-refractivity contribution in [3.63, 3.8) is 0 Å². The van der Waals surface area contributed by atoms with E-state index in [1.165, 1.54) is 12.1 Å². The van der Waals surface area contributed by atoms with Crippen LogP contribution in [0.25, 0.3) is 0 Å². The van der Waals surface area contributed by atoms with E-state index in [0.29, 0.717) is 10.2 Å². The third kappa shape index (κ3) is 2.58. The van der Waals surface area contributed by atoms with Crippen LogP contribution in [-0.2, 0) is 13.5 Å². The molecular weight excluding hydrogens is 318 g/mol. The quantitative estimate of drug-likeness (QED) is 0.811. The van der Waals surface area contributed by atoms with Crippen LogP contribution in [0.4, 0.5) is 8.78 Å². The second kappa shape index (κ2) is 5.21. The maximum atomic E-state index is 13.5. The van der Waals surface area contributed by atoms with Crippen LogP contribution in [0.1, 0.15) is 21.7 Å². The fourth-order valence-corrected chi connectivity index (χ4v) is 2.31. The summed E-state index contributed by atoms with van der Waals surface area (Å²) in [7, 11) is 1.70. The van der Waals surface area contributed by atoms with Crippen molar-refractivity contribution in [2.75, 3.05) is 0 Å². The van der Waals surface area contributed by atoms with Crippen LogP contribution < -0.4 is 0 Å². The Balaban J connectivity index is 2.34. The molecule has 3 nitrogen and oxygen atoms in total. The smallest absolute Gasteiger partial charge is 0.171 e. The lowest BCUT2D eigenvalue weighted by molar-refractivity contribution is 0.0985. The molecule has 0 aliphatic rings. The van der Waals surface area contributed by atoms with Crippen LogP contribution in [0.5, 0.6) is 0 Å². The van der Waals surface area contributed by atoms with E-state index in [2.05, 4.69) is 21.0 Å². The number of carbonyl (C=O) groups excluding carboxylic acids is 1. The highest BCUT2D eigenvalue weighted by atomic mass is 79.9. The Morgan fingerprint density at radius 2 is 2.11 bits per heavy atom. The van der Waals surface area contributed by atoms with E-state index >= 15 is 0 Å². The molecule has 1 aromatic heterocycles. The molecule has 0 unspecified atom stereocenters. The number of rotatable bonds is 3. The molecular formula is C13H11BrF2N2O. The molecule has 0 radical (unpaired) electrons. The largest absolute Gasteiger partial charge is 0.294 e. The zero-order valence-corrected chi connectivity index (χ0v) is 12.0. The van der Waals surface area contributed by atoms with E-state index in [4.69, 9.17) is 0 Å². The minimum Gasteiger partial charge on any atom is -0.294 e. The molecule has 0 aliphatic carbocycles. The van der Waals surface area contributed by atoms with E-state index in [-0.39, 0.29) is 12.0 Å². The van der Waals surface area contributed by atoms with Crippen molar-refractivity contribution in [3.05, 3.63) is 51.3 Å². The highest BCUT2D eigenvalue weighted by Crippen LogP contribution is 2.22. The van der Waals surface area contributed by atoms with Gasteiger partial charge in [-0.15, -0.1) is 0 Å². The Labute approximate surface area is 117 Å². The van der Waals surface area contributed by atoms with E-state index in [0.717, 1.165) is 11.8 Å². The fraction of sp³-hybridized carbons (Fsp3) is 0.231. The first-order valence-corrected chi connectivity index (χ1v) is 6.36. The number of Topliss-reactive ketones (excluding diaryl/α,β-unsaturated/α-hetero) is 1. The summed E-state index contributed by atoms with van der Waals surface area (Å²) in [5.41, 5.74) is 1.13. The van der Waals surface area contributed by atoms with Gasteiger partial charge in [0.25, 0.3) is 0 Å². The SMILES string of the molecule is Cc1nn(C)c(CC(=O)c2cccc(F)c2F)c1Br. The van der Waals surface area contributed by atoms with Crippen LogP contribution in [0.15, 0.2) is 22.7 Å². The molecule has 2 rings (SSSR count). The van der Waals surface area contributed by atoms with Crippen molar-refractivity contribution >= 4 is 21.7 Å². The molecule has 0 N–H and O–H groups in total. The number of nitrogens with zero attached hydrogens (tertiary/aromatic N) is 2. The fourth-order valence-electron chi connectivity index (χ4n) is 1.84. The van der Waals surface area contributed by atoms with E-state index in [9.17, 15) is 13.6 Å². The zero-order valence-electron chi connectivity index (χ0n) is 10.4. The van der Waals surface area contributed by atoms with Crippen LogP contribution >= 0.6 is 15.9 Å². The molecule has 0 saturated heterocycles. The highest BCUT2D eigenvalue weighted by Gasteiger charge is 2.19. The summed E-state index contributed by atoms with van der Waals surface area (Å²) in [4.78, 5) is 12.0. The number of hydrogen-bond acceptors (Lipinski definition) is 2. The van der Waals surface area contributed by atoms with Gasteiger partial charge in [0.05, 0.1) is 27.8 Å². The summed E-state index contributed by atoms with van der Waals surface area (Å²) in [5.74, 6) is -2.62. The van der Waals surface area contributed by atoms with Gasteiger partial charge in [0, 0.05) is 7.05 Å². The average molecular weight is 329 g/mol. The summed E-state index contributed by atoms with van der Waals surface area (Å²) >= 11 is 3.33. The van der Waals surface area contributed by atoms with Crippen molar-refractivity contribution in [1.29, 1.82) is 0 Å². The molecule has 0 atom stereocenters. The number of aryl methyl sites for hydroxylation is 2. The Kier molecular flexibility index (Phi) is 3.80. The Morgan fingerprint density at radius 1 is 1.42 bits per heavy atom. The first-order valence-electron chi connectivity index (χ1n) is 5.57. The Bertz CT molecular complexity index is 652. The van der Waals surface area contributed by atoms with Crippen LogP contribution in [0.3, 0.4) is 0 Å². The number of benzene rings is 1. The lowest BCUT2D eigenvalue weighted by Crippen LogP contribution is -2.11. The van der Waals surface area contributed by atoms with Gasteiger partial charge in [0.2, 0.25) is 0 Å². The lowest BCUT2D eigenvalue weighted by Gasteiger charge is -2.04. The maximum absolute atomic E-state index is 13.5. The Morgan fingerprint density at radius 3 is 2.68 bits per heavy atom. The Hall–Kier alpha value is -1.56. The summed E-state index contributed by atoms with van der Waals surface area (Å²) in [6.45, 7) is 1.79. The molecule has 1 heterocycles. The number of aromatic nitrogens is 2. The molecule has 2 aromatic rings. The van der Waals surface area contributed by atoms with Gasteiger partial charge in [-0.3, -0.25) is 9.48 Å². The van der Waals surface area contributed by atoms with Crippen molar-refractivity contribution in [2.24, 2.45) is 7.05 Å². The molecule has 19 heavy (non-hydrogen) atoms. The number of carbonyl (C=O) groups is 1. The first-order chi connectivity index (χ1) is 8.91. The number of halogens is 3. The van der Waals surface area contributed by atoms with Crippen molar-refractivity contribution in [2.45, 2.75) is 13.3 Å². The first kappa shape index (κ1) is 13.9. The van der Waals surface area contributed by atoms with Gasteiger partial charge < -0.3 is 0 Å². The predicted octanol–water partition coefficient (Wildman–Crippen LogP) is 3.19. The third-order valence-corrected chi connectivity index (χ3v) is 3.87. The highest BCUT2D eigenvalue weighted by molar-refractivity contribution is 9.10. The van der Waals surface area contributed by atoms with Gasteiger partial charge in [-0.05, 0) is 35.0 Å². The maximum Gasteiger partial charge on any atom is 0.171 e. The lowest BCUT2D eigenvalue weighted by atomic mass is 10.1. The van der Waals surface area contributed by atoms with Gasteiger partial charge >= 0.3 is 0 Å². The zero-order chi connectivity index (χ0) is 14.2. The topological polar surface area (TPSA) is 34.9 Å². The standard InChI is InChI=1S/C13H11BrF2N2O/c1-7-12(14)10(18(2)17-7)6-11(19)8-4-3-5-9(15)13(8)16/h3-5H,6H2,1-2H3. The molecule has 0 aliphatic heterocycles. The van der Waals surface area contributed by atoms with Gasteiger partial charge in [-0.1, -0.05) is 6.07 Å². The van der Waals surface area contributed by atoms with Gasteiger partial charge in [0.15, 0.2) is 17.4 Å². The molecule has 0 amide bonds. The summed E-state index contributed by atoms with van der Waals surface area (Å²) in [5, 5.41) is 4.15. The predicted molar refractivity (Wildman–Crippen MR) is 70.0 cm³/mol. The van der Waals surface area contributed by atoms with E-state index < -0.39 is 17.4 Å². The second-order valence-electron chi connectivity index (χ2n) is 4.17.